The average Bonchev–Trinajstić information content (AvgIpc) is 2.60. The molecule has 0 saturated heterocycles. The van der Waals surface area contributed by atoms with Crippen LogP contribution in [-0.2, 0) is 0 Å². The number of fused-ring (bicyclic) bond motifs is 2. The molecule has 2 rings (SSSR count). The summed E-state index contributed by atoms with van der Waals surface area (Å²) >= 11 is 0. The van der Waals surface area contributed by atoms with Crippen molar-refractivity contribution < 1.29 is 0 Å². The number of allylic oxidation sites excluding steroid dienone is 2. The second kappa shape index (κ2) is 3.95. The lowest BCUT2D eigenvalue weighted by Gasteiger charge is -2.22. The second-order valence-corrected chi connectivity index (χ2v) is 4.33. The van der Waals surface area contributed by atoms with E-state index in [0.717, 1.165) is 5.92 Å². The van der Waals surface area contributed by atoms with Gasteiger partial charge in [0.15, 0.2) is 0 Å². The molecule has 12 heavy (non-hydrogen) atoms. The molecule has 0 aromatic carbocycles. The van der Waals surface area contributed by atoms with Gasteiger partial charge in [-0.25, -0.2) is 0 Å². The van der Waals surface area contributed by atoms with Crippen LogP contribution >= 0.6 is 17.0 Å². The van der Waals surface area contributed by atoms with Gasteiger partial charge in [0, 0.05) is 0 Å². The van der Waals surface area contributed by atoms with E-state index in [0.29, 0.717) is 5.41 Å². The van der Waals surface area contributed by atoms with Crippen molar-refractivity contribution in [2.75, 3.05) is 0 Å². The molecular weight excluding hydrogens is 212 g/mol. The summed E-state index contributed by atoms with van der Waals surface area (Å²) in [5.41, 5.74) is 0.681. The van der Waals surface area contributed by atoms with Crippen LogP contribution in [0.25, 0.3) is 0 Å². The van der Waals surface area contributed by atoms with E-state index >= 15 is 0 Å². The molecule has 1 heteroatoms. The molecule has 0 radical (unpaired) electrons. The second-order valence-electron chi connectivity index (χ2n) is 4.33. The Balaban J connectivity index is 0.000000720. The summed E-state index contributed by atoms with van der Waals surface area (Å²) in [7, 11) is 0. The van der Waals surface area contributed by atoms with E-state index in [-0.39, 0.29) is 17.0 Å². The molecule has 0 nitrogen and oxygen atoms in total. The zero-order valence-electron chi connectivity index (χ0n) is 7.88. The molecule has 2 aliphatic carbocycles. The highest BCUT2D eigenvalue weighted by Crippen LogP contribution is 2.51. The van der Waals surface area contributed by atoms with Gasteiger partial charge in [-0.3, -0.25) is 0 Å². The number of unbranched alkanes of at least 4 members (excludes halogenated alkanes) is 1. The number of halogens is 1. The summed E-state index contributed by atoms with van der Waals surface area (Å²) in [6.45, 7) is 2.29. The SMILES string of the molecule is Br.CCCCC12C=CC(CC1)C2. The first-order valence-corrected chi connectivity index (χ1v) is 5.04. The molecule has 0 heterocycles. The van der Waals surface area contributed by atoms with E-state index < -0.39 is 0 Å². The quantitative estimate of drug-likeness (QED) is 0.641. The van der Waals surface area contributed by atoms with Crippen molar-refractivity contribution in [1.82, 2.24) is 0 Å². The molecule has 0 N–H and O–H groups in total. The first-order valence-electron chi connectivity index (χ1n) is 5.04. The molecule has 0 aromatic heterocycles. The topological polar surface area (TPSA) is 0 Å². The Labute approximate surface area is 86.2 Å². The van der Waals surface area contributed by atoms with Crippen LogP contribution in [0.3, 0.4) is 0 Å². The summed E-state index contributed by atoms with van der Waals surface area (Å²) < 4.78 is 0. The highest BCUT2D eigenvalue weighted by molar-refractivity contribution is 8.93. The minimum Gasteiger partial charge on any atom is -0.114 e. The van der Waals surface area contributed by atoms with Gasteiger partial charge in [-0.2, -0.15) is 0 Å². The smallest absolute Gasteiger partial charge is 0.0112 e. The van der Waals surface area contributed by atoms with Crippen molar-refractivity contribution in [3.05, 3.63) is 12.2 Å². The third kappa shape index (κ3) is 1.76. The number of hydrogen-bond acceptors (Lipinski definition) is 0. The van der Waals surface area contributed by atoms with E-state index in [9.17, 15) is 0 Å². The lowest BCUT2D eigenvalue weighted by atomic mass is 9.83. The zero-order valence-corrected chi connectivity index (χ0v) is 9.60. The van der Waals surface area contributed by atoms with E-state index in [1.165, 1.54) is 38.5 Å². The van der Waals surface area contributed by atoms with Gasteiger partial charge in [-0.05, 0) is 37.0 Å². The zero-order chi connectivity index (χ0) is 7.73. The molecule has 2 unspecified atom stereocenters. The van der Waals surface area contributed by atoms with Crippen molar-refractivity contribution in [3.63, 3.8) is 0 Å². The van der Waals surface area contributed by atoms with Gasteiger partial charge in [0.1, 0.15) is 0 Å². The van der Waals surface area contributed by atoms with Crippen molar-refractivity contribution in [2.24, 2.45) is 11.3 Å². The van der Waals surface area contributed by atoms with Gasteiger partial charge in [0.2, 0.25) is 0 Å². The van der Waals surface area contributed by atoms with Crippen molar-refractivity contribution in [1.29, 1.82) is 0 Å². The maximum absolute atomic E-state index is 2.51. The van der Waals surface area contributed by atoms with E-state index in [1.54, 1.807) is 0 Å². The molecule has 0 spiro atoms. The number of rotatable bonds is 3. The Morgan fingerprint density at radius 2 is 2.33 bits per heavy atom. The maximum atomic E-state index is 2.51. The van der Waals surface area contributed by atoms with Gasteiger partial charge in [-0.15, -0.1) is 17.0 Å². The average molecular weight is 231 g/mol. The minimum atomic E-state index is 0. The van der Waals surface area contributed by atoms with Gasteiger partial charge in [-0.1, -0.05) is 31.9 Å². The lowest BCUT2D eigenvalue weighted by Crippen LogP contribution is -2.10. The molecule has 0 aliphatic heterocycles. The summed E-state index contributed by atoms with van der Waals surface area (Å²) in [5.74, 6) is 0.965. The van der Waals surface area contributed by atoms with Gasteiger partial charge >= 0.3 is 0 Å². The van der Waals surface area contributed by atoms with Crippen molar-refractivity contribution in [3.8, 4) is 0 Å². The summed E-state index contributed by atoms with van der Waals surface area (Å²) in [4.78, 5) is 0. The number of hydrogen-bond donors (Lipinski definition) is 0. The molecule has 70 valence electrons. The predicted octanol–water partition coefficient (Wildman–Crippen LogP) is 4.11. The van der Waals surface area contributed by atoms with Crippen molar-refractivity contribution in [2.45, 2.75) is 45.4 Å². The van der Waals surface area contributed by atoms with Crippen LogP contribution in [0.4, 0.5) is 0 Å². The van der Waals surface area contributed by atoms with Crippen LogP contribution in [-0.4, -0.2) is 0 Å². The standard InChI is InChI=1S/C11H18.BrH/c1-2-3-6-11-7-4-10(9-11)5-8-11;/h4,7,10H,2-3,5-6,8-9H2,1H3;1H. The van der Waals surface area contributed by atoms with Crippen LogP contribution in [0.15, 0.2) is 12.2 Å². The van der Waals surface area contributed by atoms with Crippen LogP contribution < -0.4 is 0 Å². The Morgan fingerprint density at radius 1 is 1.50 bits per heavy atom. The molecule has 1 fully saturated rings. The fourth-order valence-electron chi connectivity index (χ4n) is 2.69. The molecule has 1 saturated carbocycles. The predicted molar refractivity (Wildman–Crippen MR) is 58.8 cm³/mol. The van der Waals surface area contributed by atoms with Crippen LogP contribution in [0.1, 0.15) is 45.4 Å². The normalized spacial score (nSPS) is 36.9. The van der Waals surface area contributed by atoms with Gasteiger partial charge in [0.05, 0.1) is 0 Å². The Kier molecular flexibility index (Phi) is 3.39. The van der Waals surface area contributed by atoms with E-state index in [2.05, 4.69) is 19.1 Å². The minimum absolute atomic E-state index is 0. The molecule has 2 bridgehead atoms. The Morgan fingerprint density at radius 3 is 2.75 bits per heavy atom. The third-order valence-corrected chi connectivity index (χ3v) is 3.43. The van der Waals surface area contributed by atoms with Crippen molar-refractivity contribution >= 4 is 17.0 Å². The Hall–Kier alpha value is 0.220. The third-order valence-electron chi connectivity index (χ3n) is 3.43. The molecule has 0 amide bonds. The molecule has 0 aromatic rings. The van der Waals surface area contributed by atoms with Crippen LogP contribution in [0.5, 0.6) is 0 Å². The monoisotopic (exact) mass is 230 g/mol. The van der Waals surface area contributed by atoms with Crippen LogP contribution in [0, 0.1) is 11.3 Å². The largest absolute Gasteiger partial charge is 0.114 e. The fourth-order valence-corrected chi connectivity index (χ4v) is 2.69. The Bertz CT molecular complexity index is 174. The molecular formula is C11H19Br. The lowest BCUT2D eigenvalue weighted by molar-refractivity contribution is 0.357. The highest BCUT2D eigenvalue weighted by atomic mass is 79.9. The highest BCUT2D eigenvalue weighted by Gasteiger charge is 2.39. The fraction of sp³-hybridized carbons (Fsp3) is 0.818. The van der Waals surface area contributed by atoms with E-state index in [4.69, 9.17) is 0 Å². The van der Waals surface area contributed by atoms with Crippen LogP contribution in [0.2, 0.25) is 0 Å². The summed E-state index contributed by atoms with van der Waals surface area (Å²) in [5, 5.41) is 0. The summed E-state index contributed by atoms with van der Waals surface area (Å²) in [6, 6.07) is 0. The summed E-state index contributed by atoms with van der Waals surface area (Å²) in [6.07, 6.45) is 13.6. The van der Waals surface area contributed by atoms with Gasteiger partial charge in [0.25, 0.3) is 0 Å². The van der Waals surface area contributed by atoms with Gasteiger partial charge < -0.3 is 0 Å². The maximum Gasteiger partial charge on any atom is -0.0112 e. The molecule has 2 atom stereocenters. The first kappa shape index (κ1) is 10.3. The molecule has 2 aliphatic rings. The first-order chi connectivity index (χ1) is 5.35. The van der Waals surface area contributed by atoms with E-state index in [1.807, 2.05) is 0 Å².